The standard InChI is InChI=1S/C12H12N2O2/c1-14-10(15)8-6-7(13)2-3-9(8)12(4-5-12)11(14)16/h2-3,6H,4-5,13H2,1H3. The predicted octanol–water partition coefficient (Wildman–Crippen LogP) is 0.913. The van der Waals surface area contributed by atoms with Gasteiger partial charge in [-0.25, -0.2) is 0 Å². The minimum atomic E-state index is -0.425. The highest BCUT2D eigenvalue weighted by Gasteiger charge is 2.57. The zero-order valence-corrected chi connectivity index (χ0v) is 8.99. The van der Waals surface area contributed by atoms with Crippen molar-refractivity contribution < 1.29 is 9.59 Å². The molecule has 0 bridgehead atoms. The van der Waals surface area contributed by atoms with Crippen molar-refractivity contribution in [2.75, 3.05) is 12.8 Å². The summed E-state index contributed by atoms with van der Waals surface area (Å²) < 4.78 is 0. The molecule has 4 nitrogen and oxygen atoms in total. The van der Waals surface area contributed by atoms with E-state index in [1.165, 1.54) is 11.9 Å². The summed E-state index contributed by atoms with van der Waals surface area (Å²) in [6.07, 6.45) is 1.67. The van der Waals surface area contributed by atoms with Gasteiger partial charge in [-0.1, -0.05) is 6.07 Å². The van der Waals surface area contributed by atoms with Crippen molar-refractivity contribution in [2.24, 2.45) is 0 Å². The predicted molar refractivity (Wildman–Crippen MR) is 58.9 cm³/mol. The molecule has 0 radical (unpaired) electrons. The van der Waals surface area contributed by atoms with Gasteiger partial charge in [0.1, 0.15) is 0 Å². The number of likely N-dealkylation sites (N-methyl/N-ethyl adjacent to an activating group) is 1. The summed E-state index contributed by atoms with van der Waals surface area (Å²) in [7, 11) is 1.54. The molecule has 0 atom stereocenters. The van der Waals surface area contributed by atoms with Gasteiger partial charge < -0.3 is 5.73 Å². The van der Waals surface area contributed by atoms with Crippen LogP contribution >= 0.6 is 0 Å². The van der Waals surface area contributed by atoms with Gasteiger partial charge in [-0.2, -0.15) is 0 Å². The molecule has 16 heavy (non-hydrogen) atoms. The molecule has 1 spiro atoms. The van der Waals surface area contributed by atoms with Crippen molar-refractivity contribution in [1.29, 1.82) is 0 Å². The van der Waals surface area contributed by atoms with Gasteiger partial charge in [-0.15, -0.1) is 0 Å². The smallest absolute Gasteiger partial charge is 0.260 e. The van der Waals surface area contributed by atoms with Crippen molar-refractivity contribution in [2.45, 2.75) is 18.3 Å². The van der Waals surface area contributed by atoms with Crippen molar-refractivity contribution in [3.8, 4) is 0 Å². The molecule has 1 aliphatic heterocycles. The molecular weight excluding hydrogens is 204 g/mol. The molecule has 1 aromatic carbocycles. The fourth-order valence-electron chi connectivity index (χ4n) is 2.47. The second kappa shape index (κ2) is 2.64. The Morgan fingerprint density at radius 3 is 2.62 bits per heavy atom. The maximum Gasteiger partial charge on any atom is 0.260 e. The summed E-state index contributed by atoms with van der Waals surface area (Å²) in [5, 5.41) is 0. The lowest BCUT2D eigenvalue weighted by Gasteiger charge is -2.30. The first-order valence-electron chi connectivity index (χ1n) is 5.29. The summed E-state index contributed by atoms with van der Waals surface area (Å²) in [4.78, 5) is 25.2. The van der Waals surface area contributed by atoms with E-state index >= 15 is 0 Å². The molecule has 2 N–H and O–H groups in total. The van der Waals surface area contributed by atoms with E-state index in [9.17, 15) is 9.59 Å². The van der Waals surface area contributed by atoms with E-state index in [-0.39, 0.29) is 11.8 Å². The Balaban J connectivity index is 2.27. The lowest BCUT2D eigenvalue weighted by molar-refractivity contribution is -0.130. The Morgan fingerprint density at radius 1 is 1.31 bits per heavy atom. The van der Waals surface area contributed by atoms with Gasteiger partial charge >= 0.3 is 0 Å². The van der Waals surface area contributed by atoms with Crippen LogP contribution in [0.5, 0.6) is 0 Å². The first-order chi connectivity index (χ1) is 7.56. The first-order valence-corrected chi connectivity index (χ1v) is 5.29. The number of fused-ring (bicyclic) bond motifs is 2. The topological polar surface area (TPSA) is 63.4 Å². The lowest BCUT2D eigenvalue weighted by Crippen LogP contribution is -2.46. The molecule has 82 valence electrons. The van der Waals surface area contributed by atoms with Crippen LogP contribution in [0.15, 0.2) is 18.2 Å². The van der Waals surface area contributed by atoms with Gasteiger partial charge in [-0.05, 0) is 30.5 Å². The largest absolute Gasteiger partial charge is 0.399 e. The fraction of sp³-hybridized carbons (Fsp3) is 0.333. The highest BCUT2D eigenvalue weighted by atomic mass is 16.2. The number of nitrogens with two attached hydrogens (primary N) is 1. The first kappa shape index (κ1) is 9.39. The van der Waals surface area contributed by atoms with Gasteiger partial charge in [0.15, 0.2) is 0 Å². The van der Waals surface area contributed by atoms with Crippen LogP contribution in [0.3, 0.4) is 0 Å². The minimum Gasteiger partial charge on any atom is -0.399 e. The van der Waals surface area contributed by atoms with Gasteiger partial charge in [0, 0.05) is 18.3 Å². The number of hydrogen-bond acceptors (Lipinski definition) is 3. The Labute approximate surface area is 93.0 Å². The summed E-state index contributed by atoms with van der Waals surface area (Å²) in [5.74, 6) is -0.320. The Kier molecular flexibility index (Phi) is 1.55. The third-order valence-electron chi connectivity index (χ3n) is 3.56. The maximum atomic E-state index is 12.0. The van der Waals surface area contributed by atoms with Crippen molar-refractivity contribution in [1.82, 2.24) is 4.90 Å². The molecule has 1 heterocycles. The van der Waals surface area contributed by atoms with Gasteiger partial charge in [0.05, 0.1) is 5.41 Å². The van der Waals surface area contributed by atoms with Crippen LogP contribution in [-0.4, -0.2) is 23.8 Å². The minimum absolute atomic E-state index is 0.0743. The SMILES string of the molecule is CN1C(=O)c2cc(N)ccc2C2(CC2)C1=O. The number of imide groups is 1. The van der Waals surface area contributed by atoms with Crippen molar-refractivity contribution in [3.05, 3.63) is 29.3 Å². The fourth-order valence-corrected chi connectivity index (χ4v) is 2.47. The number of anilines is 1. The average molecular weight is 216 g/mol. The number of carbonyl (C=O) groups is 2. The second-order valence-electron chi connectivity index (χ2n) is 4.56. The average Bonchev–Trinajstić information content (AvgIpc) is 3.05. The normalized spacial score (nSPS) is 21.2. The zero-order chi connectivity index (χ0) is 11.5. The Hall–Kier alpha value is -1.84. The summed E-state index contributed by atoms with van der Waals surface area (Å²) >= 11 is 0. The molecule has 2 aliphatic rings. The summed E-state index contributed by atoms with van der Waals surface area (Å²) in [6.45, 7) is 0. The molecule has 2 amide bonds. The number of amides is 2. The third-order valence-corrected chi connectivity index (χ3v) is 3.56. The van der Waals surface area contributed by atoms with Crippen LogP contribution in [-0.2, 0) is 10.2 Å². The van der Waals surface area contributed by atoms with E-state index in [2.05, 4.69) is 0 Å². The van der Waals surface area contributed by atoms with Crippen LogP contribution in [0.4, 0.5) is 5.69 Å². The molecule has 1 saturated carbocycles. The molecular formula is C12H12N2O2. The van der Waals surface area contributed by atoms with Gasteiger partial charge in [0.2, 0.25) is 5.91 Å². The van der Waals surface area contributed by atoms with Crippen LogP contribution in [0, 0.1) is 0 Å². The van der Waals surface area contributed by atoms with Crippen LogP contribution in [0.2, 0.25) is 0 Å². The van der Waals surface area contributed by atoms with Gasteiger partial charge in [0.25, 0.3) is 5.91 Å². The molecule has 4 heteroatoms. The monoisotopic (exact) mass is 216 g/mol. The number of hydrogen-bond donors (Lipinski definition) is 1. The molecule has 3 rings (SSSR count). The molecule has 1 aliphatic carbocycles. The summed E-state index contributed by atoms with van der Waals surface area (Å²) in [5.41, 5.74) is 7.25. The Bertz CT molecular complexity index is 518. The maximum absolute atomic E-state index is 12.0. The highest BCUT2D eigenvalue weighted by Crippen LogP contribution is 2.53. The third kappa shape index (κ3) is 0.939. The van der Waals surface area contributed by atoms with Crippen LogP contribution in [0.25, 0.3) is 0 Å². The molecule has 1 fully saturated rings. The van der Waals surface area contributed by atoms with E-state index in [4.69, 9.17) is 5.73 Å². The van der Waals surface area contributed by atoms with Crippen LogP contribution < -0.4 is 5.73 Å². The van der Waals surface area contributed by atoms with Crippen molar-refractivity contribution >= 4 is 17.5 Å². The van der Waals surface area contributed by atoms with Crippen LogP contribution in [0.1, 0.15) is 28.8 Å². The zero-order valence-electron chi connectivity index (χ0n) is 8.99. The molecule has 1 aromatic rings. The Morgan fingerprint density at radius 2 is 2.00 bits per heavy atom. The van der Waals surface area contributed by atoms with E-state index in [0.29, 0.717) is 11.3 Å². The quantitative estimate of drug-likeness (QED) is 0.518. The van der Waals surface area contributed by atoms with E-state index < -0.39 is 5.41 Å². The van der Waals surface area contributed by atoms with Gasteiger partial charge in [-0.3, -0.25) is 14.5 Å². The number of benzene rings is 1. The lowest BCUT2D eigenvalue weighted by atomic mass is 9.86. The summed E-state index contributed by atoms with van der Waals surface area (Å²) in [6, 6.07) is 5.24. The molecule has 0 saturated heterocycles. The second-order valence-corrected chi connectivity index (χ2v) is 4.56. The van der Waals surface area contributed by atoms with E-state index in [1.807, 2.05) is 6.07 Å². The number of nitrogen functional groups attached to an aromatic ring is 1. The van der Waals surface area contributed by atoms with E-state index in [0.717, 1.165) is 18.4 Å². The van der Waals surface area contributed by atoms with E-state index in [1.54, 1.807) is 12.1 Å². The number of carbonyl (C=O) groups excluding carboxylic acids is 2. The van der Waals surface area contributed by atoms with Crippen molar-refractivity contribution in [3.63, 3.8) is 0 Å². The molecule has 0 aromatic heterocycles. The molecule has 0 unspecified atom stereocenters. The number of rotatable bonds is 0. The highest BCUT2D eigenvalue weighted by molar-refractivity contribution is 6.14. The number of nitrogens with zero attached hydrogens (tertiary/aromatic N) is 1.